The Morgan fingerprint density at radius 1 is 1.26 bits per heavy atom. The predicted octanol–water partition coefficient (Wildman–Crippen LogP) is 2.77. The average Bonchev–Trinajstić information content (AvgIpc) is 3.08. The van der Waals surface area contributed by atoms with Gasteiger partial charge in [-0.1, -0.05) is 35.0 Å². The summed E-state index contributed by atoms with van der Waals surface area (Å²) < 4.78 is 5.24. The van der Waals surface area contributed by atoms with Gasteiger partial charge >= 0.3 is 0 Å². The first-order valence-electron chi connectivity index (χ1n) is 9.27. The van der Waals surface area contributed by atoms with Gasteiger partial charge in [0, 0.05) is 19.6 Å². The van der Waals surface area contributed by atoms with Crippen LogP contribution in [0.5, 0.6) is 0 Å². The van der Waals surface area contributed by atoms with Gasteiger partial charge < -0.3 is 14.7 Å². The van der Waals surface area contributed by atoms with Crippen molar-refractivity contribution in [2.75, 3.05) is 18.0 Å². The lowest BCUT2D eigenvalue weighted by atomic mass is 9.96. The third-order valence-electron chi connectivity index (χ3n) is 5.10. The monoisotopic (exact) mass is 365 g/mol. The van der Waals surface area contributed by atoms with Crippen LogP contribution in [0.2, 0.25) is 0 Å². The summed E-state index contributed by atoms with van der Waals surface area (Å²) in [5, 5.41) is 7.90. The van der Waals surface area contributed by atoms with E-state index >= 15 is 0 Å². The van der Waals surface area contributed by atoms with E-state index in [0.29, 0.717) is 18.8 Å². The van der Waals surface area contributed by atoms with Crippen molar-refractivity contribution in [1.29, 1.82) is 0 Å². The average molecular weight is 365 g/mol. The SMILES string of the molecule is Cc1ccc(CNC(=O)C2CCCN(c3ncnc4onc(C)c34)C2)cc1. The lowest BCUT2D eigenvalue weighted by Gasteiger charge is -2.33. The van der Waals surface area contributed by atoms with Crippen LogP contribution in [0.4, 0.5) is 5.82 Å². The molecule has 2 aromatic heterocycles. The molecule has 27 heavy (non-hydrogen) atoms. The van der Waals surface area contributed by atoms with Gasteiger partial charge in [0.05, 0.1) is 11.6 Å². The first-order chi connectivity index (χ1) is 13.1. The number of benzene rings is 1. The summed E-state index contributed by atoms with van der Waals surface area (Å²) in [6.07, 6.45) is 3.31. The highest BCUT2D eigenvalue weighted by atomic mass is 16.5. The van der Waals surface area contributed by atoms with Crippen molar-refractivity contribution in [2.24, 2.45) is 5.92 Å². The van der Waals surface area contributed by atoms with Crippen LogP contribution in [0.1, 0.15) is 29.7 Å². The molecule has 7 nitrogen and oxygen atoms in total. The first kappa shape index (κ1) is 17.5. The molecule has 4 rings (SSSR count). The lowest BCUT2D eigenvalue weighted by molar-refractivity contribution is -0.125. The maximum absolute atomic E-state index is 12.7. The summed E-state index contributed by atoms with van der Waals surface area (Å²) >= 11 is 0. The molecule has 3 aromatic rings. The van der Waals surface area contributed by atoms with Crippen molar-refractivity contribution in [2.45, 2.75) is 33.2 Å². The standard InChI is InChI=1S/C20H23N5O2/c1-13-5-7-15(8-6-13)10-21-19(26)16-4-3-9-25(11-16)18-17-14(2)24-27-20(17)23-12-22-18/h5-8,12,16H,3-4,9-11H2,1-2H3,(H,21,26). The second-order valence-electron chi connectivity index (χ2n) is 7.13. The predicted molar refractivity (Wildman–Crippen MR) is 102 cm³/mol. The second kappa shape index (κ2) is 7.34. The highest BCUT2D eigenvalue weighted by molar-refractivity contribution is 5.88. The molecule has 0 bridgehead atoms. The molecule has 1 aromatic carbocycles. The molecule has 0 aliphatic carbocycles. The van der Waals surface area contributed by atoms with E-state index in [-0.39, 0.29) is 11.8 Å². The van der Waals surface area contributed by atoms with E-state index in [1.807, 2.05) is 6.92 Å². The molecule has 1 aliphatic rings. The number of nitrogens with zero attached hydrogens (tertiary/aromatic N) is 4. The van der Waals surface area contributed by atoms with Crippen LogP contribution in [0.3, 0.4) is 0 Å². The molecular formula is C20H23N5O2. The molecule has 1 saturated heterocycles. The molecule has 0 saturated carbocycles. The van der Waals surface area contributed by atoms with Crippen molar-refractivity contribution in [3.8, 4) is 0 Å². The molecule has 1 amide bonds. The van der Waals surface area contributed by atoms with E-state index in [4.69, 9.17) is 4.52 Å². The summed E-state index contributed by atoms with van der Waals surface area (Å²) in [6, 6.07) is 8.22. The smallest absolute Gasteiger partial charge is 0.263 e. The lowest BCUT2D eigenvalue weighted by Crippen LogP contribution is -2.43. The largest absolute Gasteiger partial charge is 0.355 e. The summed E-state index contributed by atoms with van der Waals surface area (Å²) in [5.41, 5.74) is 3.59. The van der Waals surface area contributed by atoms with Crippen molar-refractivity contribution >= 4 is 22.8 Å². The van der Waals surface area contributed by atoms with Crippen LogP contribution in [0.15, 0.2) is 35.1 Å². The van der Waals surface area contributed by atoms with Gasteiger partial charge in [-0.3, -0.25) is 4.79 Å². The molecule has 0 spiro atoms. The Labute approximate surface area is 157 Å². The Morgan fingerprint density at radius 3 is 2.89 bits per heavy atom. The number of carbonyl (C=O) groups excluding carboxylic acids is 1. The summed E-state index contributed by atoms with van der Waals surface area (Å²) in [5.74, 6) is 0.830. The van der Waals surface area contributed by atoms with Crippen molar-refractivity contribution in [3.63, 3.8) is 0 Å². The second-order valence-corrected chi connectivity index (χ2v) is 7.13. The molecule has 1 aliphatic heterocycles. The fourth-order valence-corrected chi connectivity index (χ4v) is 3.57. The van der Waals surface area contributed by atoms with Crippen molar-refractivity contribution < 1.29 is 9.32 Å². The number of piperidine rings is 1. The van der Waals surface area contributed by atoms with Gasteiger partial charge in [-0.25, -0.2) is 4.98 Å². The highest BCUT2D eigenvalue weighted by Crippen LogP contribution is 2.29. The van der Waals surface area contributed by atoms with Crippen LogP contribution in [0, 0.1) is 19.8 Å². The van der Waals surface area contributed by atoms with E-state index in [0.717, 1.165) is 41.8 Å². The quantitative estimate of drug-likeness (QED) is 0.765. The number of aryl methyl sites for hydroxylation is 2. The minimum absolute atomic E-state index is 0.0608. The fourth-order valence-electron chi connectivity index (χ4n) is 3.57. The van der Waals surface area contributed by atoms with Crippen molar-refractivity contribution in [1.82, 2.24) is 20.4 Å². The maximum Gasteiger partial charge on any atom is 0.263 e. The number of fused-ring (bicyclic) bond motifs is 1. The minimum atomic E-state index is -0.0608. The summed E-state index contributed by atoms with van der Waals surface area (Å²) in [4.78, 5) is 23.4. The zero-order valence-electron chi connectivity index (χ0n) is 15.6. The number of aromatic nitrogens is 3. The van der Waals surface area contributed by atoms with Crippen LogP contribution < -0.4 is 10.2 Å². The van der Waals surface area contributed by atoms with Gasteiger partial charge in [-0.2, -0.15) is 4.98 Å². The Balaban J connectivity index is 1.45. The Bertz CT molecular complexity index is 951. The first-order valence-corrected chi connectivity index (χ1v) is 9.27. The Kier molecular flexibility index (Phi) is 4.75. The number of hydrogen-bond donors (Lipinski definition) is 1. The van der Waals surface area contributed by atoms with E-state index in [2.05, 4.69) is 56.5 Å². The Morgan fingerprint density at radius 2 is 2.07 bits per heavy atom. The van der Waals surface area contributed by atoms with Gasteiger partial charge in [-0.05, 0) is 32.3 Å². The van der Waals surface area contributed by atoms with Crippen LogP contribution in [-0.4, -0.2) is 34.1 Å². The summed E-state index contributed by atoms with van der Waals surface area (Å²) in [6.45, 7) is 5.99. The van der Waals surface area contributed by atoms with Gasteiger partial charge in [0.25, 0.3) is 5.71 Å². The number of anilines is 1. The molecule has 1 unspecified atom stereocenters. The maximum atomic E-state index is 12.7. The van der Waals surface area contributed by atoms with Gasteiger partial charge in [0.15, 0.2) is 0 Å². The van der Waals surface area contributed by atoms with E-state index in [1.54, 1.807) is 0 Å². The molecule has 1 N–H and O–H groups in total. The fraction of sp³-hybridized carbons (Fsp3) is 0.400. The number of carbonyl (C=O) groups is 1. The van der Waals surface area contributed by atoms with Gasteiger partial charge in [-0.15, -0.1) is 0 Å². The normalized spacial score (nSPS) is 17.3. The molecular weight excluding hydrogens is 342 g/mol. The van der Waals surface area contributed by atoms with Crippen LogP contribution in [-0.2, 0) is 11.3 Å². The number of hydrogen-bond acceptors (Lipinski definition) is 6. The van der Waals surface area contributed by atoms with Gasteiger partial charge in [0.1, 0.15) is 17.5 Å². The van der Waals surface area contributed by atoms with Crippen molar-refractivity contribution in [3.05, 3.63) is 47.4 Å². The zero-order chi connectivity index (χ0) is 18.8. The molecule has 1 atom stereocenters. The Hall–Kier alpha value is -2.96. The molecule has 1 fully saturated rings. The topological polar surface area (TPSA) is 84.2 Å². The molecule has 140 valence electrons. The van der Waals surface area contributed by atoms with E-state index in [1.165, 1.54) is 11.9 Å². The zero-order valence-corrected chi connectivity index (χ0v) is 15.6. The number of amides is 1. The van der Waals surface area contributed by atoms with Crippen LogP contribution >= 0.6 is 0 Å². The van der Waals surface area contributed by atoms with Crippen LogP contribution in [0.25, 0.3) is 11.1 Å². The number of nitrogens with one attached hydrogen (secondary N) is 1. The summed E-state index contributed by atoms with van der Waals surface area (Å²) in [7, 11) is 0. The van der Waals surface area contributed by atoms with E-state index < -0.39 is 0 Å². The molecule has 0 radical (unpaired) electrons. The van der Waals surface area contributed by atoms with Gasteiger partial charge in [0.2, 0.25) is 5.91 Å². The highest BCUT2D eigenvalue weighted by Gasteiger charge is 2.28. The molecule has 7 heteroatoms. The third kappa shape index (κ3) is 3.63. The number of rotatable bonds is 4. The molecule has 3 heterocycles. The third-order valence-corrected chi connectivity index (χ3v) is 5.10. The minimum Gasteiger partial charge on any atom is -0.355 e. The van der Waals surface area contributed by atoms with E-state index in [9.17, 15) is 4.79 Å².